The molecule has 0 bridgehead atoms. The van der Waals surface area contributed by atoms with Gasteiger partial charge in [0.25, 0.3) is 0 Å². The lowest BCUT2D eigenvalue weighted by Gasteiger charge is -2.33. The smallest absolute Gasteiger partial charge is 0.128 e. The summed E-state index contributed by atoms with van der Waals surface area (Å²) in [5, 5.41) is 29.7. The van der Waals surface area contributed by atoms with E-state index < -0.39 is 0 Å². The second-order valence-corrected chi connectivity index (χ2v) is 10.3. The summed E-state index contributed by atoms with van der Waals surface area (Å²) in [6.45, 7) is 1.12. The van der Waals surface area contributed by atoms with Crippen LogP contribution in [-0.2, 0) is 13.1 Å². The molecule has 0 spiro atoms. The third-order valence-electron chi connectivity index (χ3n) is 7.91. The first-order valence-electron chi connectivity index (χ1n) is 14.0. The fourth-order valence-corrected chi connectivity index (χ4v) is 5.74. The monoisotopic (exact) mass is 538 g/mol. The van der Waals surface area contributed by atoms with Gasteiger partial charge in [-0.1, -0.05) is 85.6 Å². The van der Waals surface area contributed by atoms with Crippen LogP contribution in [-0.4, -0.2) is 36.5 Å². The highest BCUT2D eigenvalue weighted by molar-refractivity contribution is 5.77. The van der Waals surface area contributed by atoms with E-state index in [4.69, 9.17) is 9.47 Å². The molecular formula is C34H38N2O4. The minimum absolute atomic E-state index is 0.252. The summed E-state index contributed by atoms with van der Waals surface area (Å²) in [4.78, 5) is 0. The summed E-state index contributed by atoms with van der Waals surface area (Å²) < 4.78 is 11.0. The van der Waals surface area contributed by atoms with Gasteiger partial charge in [0.05, 0.1) is 14.2 Å². The summed E-state index contributed by atoms with van der Waals surface area (Å²) >= 11 is 0. The minimum Gasteiger partial charge on any atom is -0.507 e. The predicted molar refractivity (Wildman–Crippen MR) is 160 cm³/mol. The highest BCUT2D eigenvalue weighted by Gasteiger charge is 2.25. The van der Waals surface area contributed by atoms with Crippen LogP contribution in [0.25, 0.3) is 22.3 Å². The Kier molecular flexibility index (Phi) is 8.89. The van der Waals surface area contributed by atoms with Crippen molar-refractivity contribution in [2.45, 2.75) is 50.9 Å². The zero-order valence-corrected chi connectivity index (χ0v) is 23.2. The predicted octanol–water partition coefficient (Wildman–Crippen LogP) is 6.64. The Morgan fingerprint density at radius 2 is 0.975 bits per heavy atom. The van der Waals surface area contributed by atoms with Crippen LogP contribution in [0, 0.1) is 0 Å². The second kappa shape index (κ2) is 12.9. The van der Waals surface area contributed by atoms with Crippen LogP contribution >= 0.6 is 0 Å². The highest BCUT2D eigenvalue weighted by atomic mass is 16.5. The average Bonchev–Trinajstić information content (AvgIpc) is 3.00. The molecular weight excluding hydrogens is 500 g/mol. The maximum absolute atomic E-state index is 11.1. The van der Waals surface area contributed by atoms with Crippen molar-refractivity contribution in [3.05, 3.63) is 96.1 Å². The van der Waals surface area contributed by atoms with Crippen LogP contribution in [0.3, 0.4) is 0 Å². The van der Waals surface area contributed by atoms with E-state index in [2.05, 4.69) is 10.6 Å². The molecule has 1 saturated carbocycles. The largest absolute Gasteiger partial charge is 0.507 e. The van der Waals surface area contributed by atoms with Gasteiger partial charge in [-0.05, 0) is 25.0 Å². The molecule has 1 aliphatic carbocycles. The normalized spacial score (nSPS) is 16.9. The van der Waals surface area contributed by atoms with Gasteiger partial charge in [0.1, 0.15) is 23.0 Å². The number of rotatable bonds is 10. The molecule has 5 rings (SSSR count). The van der Waals surface area contributed by atoms with Crippen molar-refractivity contribution in [3.63, 3.8) is 0 Å². The Balaban J connectivity index is 1.28. The van der Waals surface area contributed by atoms with Crippen LogP contribution in [0.5, 0.6) is 23.0 Å². The lowest BCUT2D eigenvalue weighted by Crippen LogP contribution is -2.49. The van der Waals surface area contributed by atoms with E-state index >= 15 is 0 Å². The molecule has 0 saturated heterocycles. The molecule has 40 heavy (non-hydrogen) atoms. The van der Waals surface area contributed by atoms with E-state index in [1.807, 2.05) is 84.9 Å². The number of para-hydroxylation sites is 4. The zero-order chi connectivity index (χ0) is 27.9. The fraction of sp³-hybridized carbons (Fsp3) is 0.294. The number of benzene rings is 4. The Labute approximate surface area is 236 Å². The Hall–Kier alpha value is -4.00. The summed E-state index contributed by atoms with van der Waals surface area (Å²) in [6, 6.07) is 27.7. The Bertz CT molecular complexity index is 1330. The number of aromatic hydroxyl groups is 2. The third-order valence-corrected chi connectivity index (χ3v) is 7.91. The van der Waals surface area contributed by atoms with E-state index in [1.54, 1.807) is 14.2 Å². The van der Waals surface area contributed by atoms with Crippen LogP contribution in [0.15, 0.2) is 84.9 Å². The molecule has 0 heterocycles. The molecule has 0 aromatic heterocycles. The maximum atomic E-state index is 11.1. The summed E-state index contributed by atoms with van der Waals surface area (Å²) in [5.41, 5.74) is 4.99. The number of phenols is 2. The molecule has 2 atom stereocenters. The van der Waals surface area contributed by atoms with Crippen LogP contribution < -0.4 is 20.1 Å². The van der Waals surface area contributed by atoms with Crippen molar-refractivity contribution in [1.29, 1.82) is 0 Å². The number of nitrogens with one attached hydrogen (secondary N) is 2. The van der Waals surface area contributed by atoms with Gasteiger partial charge in [0.2, 0.25) is 0 Å². The van der Waals surface area contributed by atoms with E-state index in [0.29, 0.717) is 13.1 Å². The second-order valence-electron chi connectivity index (χ2n) is 10.3. The highest BCUT2D eigenvalue weighted by Crippen LogP contribution is 2.39. The number of ether oxygens (including phenoxy) is 2. The lowest BCUT2D eigenvalue weighted by atomic mass is 9.89. The molecule has 208 valence electrons. The number of methoxy groups -OCH3 is 2. The molecule has 0 radical (unpaired) electrons. The molecule has 4 N–H and O–H groups in total. The van der Waals surface area contributed by atoms with Gasteiger partial charge in [-0.15, -0.1) is 0 Å². The van der Waals surface area contributed by atoms with Gasteiger partial charge in [0, 0.05) is 58.6 Å². The number of hydrogen-bond acceptors (Lipinski definition) is 6. The summed E-state index contributed by atoms with van der Waals surface area (Å²) in [7, 11) is 3.29. The van der Waals surface area contributed by atoms with E-state index in [0.717, 1.165) is 70.6 Å². The molecule has 0 amide bonds. The standard InChI is InChI=1S/C34H38N2O4/c1-39-31-19-7-3-13-25(31)27-15-9-11-23(33(27)37)21-35-29-17-5-6-18-30(29)36-22-24-12-10-16-28(34(24)38)26-14-4-8-20-32(26)40-2/h3-4,7-16,19-20,29-30,35-38H,5-6,17-18,21-22H2,1-2H3/t29-,30-/m0/s1. The van der Waals surface area contributed by atoms with Crippen LogP contribution in [0.2, 0.25) is 0 Å². The van der Waals surface area contributed by atoms with Gasteiger partial charge >= 0.3 is 0 Å². The van der Waals surface area contributed by atoms with Crippen molar-refractivity contribution in [2.75, 3.05) is 14.2 Å². The van der Waals surface area contributed by atoms with Crippen molar-refractivity contribution in [2.24, 2.45) is 0 Å². The van der Waals surface area contributed by atoms with Crippen molar-refractivity contribution >= 4 is 0 Å². The molecule has 1 aliphatic rings. The van der Waals surface area contributed by atoms with E-state index in [9.17, 15) is 10.2 Å². The van der Waals surface area contributed by atoms with Gasteiger partial charge in [-0.2, -0.15) is 0 Å². The number of phenolic OH excluding ortho intramolecular Hbond substituents is 2. The minimum atomic E-state index is 0.252. The molecule has 1 fully saturated rings. The van der Waals surface area contributed by atoms with E-state index in [-0.39, 0.29) is 23.6 Å². The lowest BCUT2D eigenvalue weighted by molar-refractivity contribution is 0.279. The van der Waals surface area contributed by atoms with Crippen LogP contribution in [0.4, 0.5) is 0 Å². The van der Waals surface area contributed by atoms with Gasteiger partial charge < -0.3 is 30.3 Å². The van der Waals surface area contributed by atoms with Crippen molar-refractivity contribution in [1.82, 2.24) is 10.6 Å². The molecule has 4 aromatic carbocycles. The quantitative estimate of drug-likeness (QED) is 0.181. The molecule has 6 nitrogen and oxygen atoms in total. The van der Waals surface area contributed by atoms with Crippen LogP contribution in [0.1, 0.15) is 36.8 Å². The van der Waals surface area contributed by atoms with Gasteiger partial charge in [-0.25, -0.2) is 0 Å². The first kappa shape index (κ1) is 27.6. The molecule has 0 unspecified atom stereocenters. The Morgan fingerprint density at radius 1 is 0.575 bits per heavy atom. The van der Waals surface area contributed by atoms with Crippen molar-refractivity contribution in [3.8, 4) is 45.3 Å². The molecule has 4 aromatic rings. The summed E-state index contributed by atoms with van der Waals surface area (Å²) in [6.07, 6.45) is 4.44. The fourth-order valence-electron chi connectivity index (χ4n) is 5.74. The maximum Gasteiger partial charge on any atom is 0.128 e. The van der Waals surface area contributed by atoms with Gasteiger partial charge in [0.15, 0.2) is 0 Å². The summed E-state index contributed by atoms with van der Waals surface area (Å²) in [5.74, 6) is 2.02. The third kappa shape index (κ3) is 5.93. The SMILES string of the molecule is COc1ccccc1-c1cccc(CN[C@H]2CCCC[C@@H]2NCc2cccc(-c3ccccc3OC)c2O)c1O. The molecule has 0 aliphatic heterocycles. The Morgan fingerprint density at radius 3 is 1.40 bits per heavy atom. The molecule has 6 heteroatoms. The number of hydrogen-bond donors (Lipinski definition) is 4. The zero-order valence-electron chi connectivity index (χ0n) is 23.2. The van der Waals surface area contributed by atoms with Crippen molar-refractivity contribution < 1.29 is 19.7 Å². The topological polar surface area (TPSA) is 83.0 Å². The average molecular weight is 539 g/mol. The first-order valence-corrected chi connectivity index (χ1v) is 14.0. The van der Waals surface area contributed by atoms with E-state index in [1.165, 1.54) is 0 Å². The first-order chi connectivity index (χ1) is 19.6. The van der Waals surface area contributed by atoms with Gasteiger partial charge in [-0.3, -0.25) is 0 Å².